The number of hydrogen-bond acceptors (Lipinski definition) is 6. The highest BCUT2D eigenvalue weighted by molar-refractivity contribution is 9.10. The predicted octanol–water partition coefficient (Wildman–Crippen LogP) is 3.55. The molecule has 1 aromatic heterocycles. The van der Waals surface area contributed by atoms with E-state index in [2.05, 4.69) is 36.5 Å². The SMILES string of the molecule is CNc1nc(C)c([N+](=O)[O-])c(Nc2cc(C)cc(Br)c2)n1. The van der Waals surface area contributed by atoms with Crippen LogP contribution in [0.4, 0.5) is 23.1 Å². The molecule has 0 aliphatic heterocycles. The van der Waals surface area contributed by atoms with Crippen LogP contribution in [0.25, 0.3) is 0 Å². The first kappa shape index (κ1) is 15.2. The summed E-state index contributed by atoms with van der Waals surface area (Å²) >= 11 is 3.40. The number of benzene rings is 1. The molecule has 0 saturated carbocycles. The van der Waals surface area contributed by atoms with Gasteiger partial charge in [0.2, 0.25) is 11.8 Å². The van der Waals surface area contributed by atoms with E-state index in [1.807, 2.05) is 25.1 Å². The van der Waals surface area contributed by atoms with Crippen molar-refractivity contribution in [3.05, 3.63) is 44.0 Å². The Hall–Kier alpha value is -2.22. The van der Waals surface area contributed by atoms with Gasteiger partial charge < -0.3 is 10.6 Å². The predicted molar refractivity (Wildman–Crippen MR) is 85.1 cm³/mol. The third kappa shape index (κ3) is 3.46. The molecule has 2 N–H and O–H groups in total. The average Bonchev–Trinajstić information content (AvgIpc) is 2.36. The van der Waals surface area contributed by atoms with Crippen LogP contribution in [-0.2, 0) is 0 Å². The summed E-state index contributed by atoms with van der Waals surface area (Å²) in [5.74, 6) is 0.488. The zero-order chi connectivity index (χ0) is 15.6. The van der Waals surface area contributed by atoms with Crippen molar-refractivity contribution in [2.75, 3.05) is 17.7 Å². The number of nitrogens with zero attached hydrogens (tertiary/aromatic N) is 3. The van der Waals surface area contributed by atoms with Crippen molar-refractivity contribution in [2.45, 2.75) is 13.8 Å². The van der Waals surface area contributed by atoms with Crippen LogP contribution in [0.3, 0.4) is 0 Å². The molecule has 7 nitrogen and oxygen atoms in total. The number of aryl methyl sites for hydroxylation is 2. The Balaban J connectivity index is 2.51. The number of hydrogen-bond donors (Lipinski definition) is 2. The van der Waals surface area contributed by atoms with E-state index in [4.69, 9.17) is 0 Å². The number of nitrogens with one attached hydrogen (secondary N) is 2. The molecule has 1 heterocycles. The second-order valence-corrected chi connectivity index (χ2v) is 5.39. The Kier molecular flexibility index (Phi) is 4.37. The minimum absolute atomic E-state index is 0.133. The van der Waals surface area contributed by atoms with Gasteiger partial charge in [0.25, 0.3) is 0 Å². The first-order chi connectivity index (χ1) is 9.90. The fourth-order valence-electron chi connectivity index (χ4n) is 1.93. The van der Waals surface area contributed by atoms with Gasteiger partial charge in [0, 0.05) is 17.2 Å². The molecule has 0 saturated heterocycles. The summed E-state index contributed by atoms with van der Waals surface area (Å²) in [4.78, 5) is 18.9. The van der Waals surface area contributed by atoms with Gasteiger partial charge in [0.15, 0.2) is 0 Å². The fraction of sp³-hybridized carbons (Fsp3) is 0.231. The minimum Gasteiger partial charge on any atom is -0.357 e. The quantitative estimate of drug-likeness (QED) is 0.646. The van der Waals surface area contributed by atoms with E-state index in [1.165, 1.54) is 0 Å². The maximum absolute atomic E-state index is 11.2. The second kappa shape index (κ2) is 6.04. The number of nitro groups is 1. The lowest BCUT2D eigenvalue weighted by atomic mass is 10.2. The fourth-order valence-corrected chi connectivity index (χ4v) is 2.54. The number of halogens is 1. The Morgan fingerprint density at radius 3 is 2.52 bits per heavy atom. The number of anilines is 3. The molecule has 0 atom stereocenters. The van der Waals surface area contributed by atoms with Crippen molar-refractivity contribution in [3.8, 4) is 0 Å². The van der Waals surface area contributed by atoms with Gasteiger partial charge in [-0.25, -0.2) is 4.98 Å². The van der Waals surface area contributed by atoms with Gasteiger partial charge in [-0.2, -0.15) is 4.98 Å². The van der Waals surface area contributed by atoms with Crippen LogP contribution in [0.5, 0.6) is 0 Å². The van der Waals surface area contributed by atoms with Crippen LogP contribution < -0.4 is 10.6 Å². The van der Waals surface area contributed by atoms with Crippen LogP contribution >= 0.6 is 15.9 Å². The summed E-state index contributed by atoms with van der Waals surface area (Å²) in [6.07, 6.45) is 0. The van der Waals surface area contributed by atoms with Crippen molar-refractivity contribution >= 4 is 39.1 Å². The molecule has 0 aliphatic carbocycles. The van der Waals surface area contributed by atoms with Gasteiger partial charge in [-0.05, 0) is 37.6 Å². The van der Waals surface area contributed by atoms with Gasteiger partial charge in [-0.1, -0.05) is 15.9 Å². The molecule has 0 spiro atoms. The van der Waals surface area contributed by atoms with E-state index >= 15 is 0 Å². The molecule has 0 radical (unpaired) electrons. The van der Waals surface area contributed by atoms with Crippen molar-refractivity contribution in [1.29, 1.82) is 0 Å². The molecule has 0 fully saturated rings. The molecule has 110 valence electrons. The Bertz CT molecular complexity index is 685. The van der Waals surface area contributed by atoms with Crippen LogP contribution in [0.1, 0.15) is 11.3 Å². The topological polar surface area (TPSA) is 93.0 Å². The summed E-state index contributed by atoms with van der Waals surface area (Å²) in [6.45, 7) is 3.52. The van der Waals surface area contributed by atoms with Gasteiger partial charge in [0.05, 0.1) is 4.92 Å². The second-order valence-electron chi connectivity index (χ2n) is 4.48. The van der Waals surface area contributed by atoms with E-state index in [1.54, 1.807) is 14.0 Å². The summed E-state index contributed by atoms with van der Waals surface area (Å²) in [5, 5.41) is 17.0. The Morgan fingerprint density at radius 1 is 1.24 bits per heavy atom. The first-order valence-electron chi connectivity index (χ1n) is 6.15. The van der Waals surface area contributed by atoms with Crippen LogP contribution in [-0.4, -0.2) is 21.9 Å². The molecule has 0 aliphatic rings. The molecule has 2 rings (SSSR count). The molecule has 2 aromatic rings. The molecule has 21 heavy (non-hydrogen) atoms. The molecule has 1 aromatic carbocycles. The lowest BCUT2D eigenvalue weighted by Crippen LogP contribution is -2.07. The smallest absolute Gasteiger partial charge is 0.332 e. The van der Waals surface area contributed by atoms with Crippen molar-refractivity contribution < 1.29 is 4.92 Å². The maximum Gasteiger partial charge on any atom is 0.332 e. The van der Waals surface area contributed by atoms with Gasteiger partial charge >= 0.3 is 5.69 Å². The van der Waals surface area contributed by atoms with E-state index in [9.17, 15) is 10.1 Å². The van der Waals surface area contributed by atoms with E-state index < -0.39 is 4.92 Å². The van der Waals surface area contributed by atoms with Crippen molar-refractivity contribution in [3.63, 3.8) is 0 Å². The molecule has 0 bridgehead atoms. The number of rotatable bonds is 4. The third-order valence-electron chi connectivity index (χ3n) is 2.77. The minimum atomic E-state index is -0.484. The zero-order valence-electron chi connectivity index (χ0n) is 11.8. The Labute approximate surface area is 130 Å². The van der Waals surface area contributed by atoms with Crippen molar-refractivity contribution in [1.82, 2.24) is 9.97 Å². The van der Waals surface area contributed by atoms with Crippen LogP contribution in [0.2, 0.25) is 0 Å². The summed E-state index contributed by atoms with van der Waals surface area (Å²) in [6, 6.07) is 5.65. The summed E-state index contributed by atoms with van der Waals surface area (Å²) in [5.41, 5.74) is 1.90. The summed E-state index contributed by atoms with van der Waals surface area (Å²) < 4.78 is 0.882. The molecule has 0 amide bonds. The highest BCUT2D eigenvalue weighted by atomic mass is 79.9. The third-order valence-corrected chi connectivity index (χ3v) is 3.23. The van der Waals surface area contributed by atoms with Gasteiger partial charge in [0.1, 0.15) is 5.69 Å². The standard InChI is InChI=1S/C13H14BrN5O2/c1-7-4-9(14)6-10(5-7)17-12-11(19(20)21)8(2)16-13(15-3)18-12/h4-6H,1-3H3,(H2,15,16,17,18). The molecule has 0 unspecified atom stereocenters. The van der Waals surface area contributed by atoms with Crippen LogP contribution in [0, 0.1) is 24.0 Å². The van der Waals surface area contributed by atoms with Crippen molar-refractivity contribution in [2.24, 2.45) is 0 Å². The monoisotopic (exact) mass is 351 g/mol. The van der Waals surface area contributed by atoms with Gasteiger partial charge in [-0.15, -0.1) is 0 Å². The average molecular weight is 352 g/mol. The highest BCUT2D eigenvalue weighted by Crippen LogP contribution is 2.30. The Morgan fingerprint density at radius 2 is 1.95 bits per heavy atom. The summed E-state index contributed by atoms with van der Waals surface area (Å²) in [7, 11) is 1.66. The maximum atomic E-state index is 11.2. The normalized spacial score (nSPS) is 10.3. The first-order valence-corrected chi connectivity index (χ1v) is 6.95. The van der Waals surface area contributed by atoms with Crippen LogP contribution in [0.15, 0.2) is 22.7 Å². The van der Waals surface area contributed by atoms with Gasteiger partial charge in [-0.3, -0.25) is 10.1 Å². The number of aromatic nitrogens is 2. The molecular formula is C13H14BrN5O2. The highest BCUT2D eigenvalue weighted by Gasteiger charge is 2.22. The van der Waals surface area contributed by atoms with E-state index in [-0.39, 0.29) is 11.5 Å². The lowest BCUT2D eigenvalue weighted by Gasteiger charge is -2.10. The largest absolute Gasteiger partial charge is 0.357 e. The zero-order valence-corrected chi connectivity index (χ0v) is 13.4. The lowest BCUT2D eigenvalue weighted by molar-refractivity contribution is -0.385. The van der Waals surface area contributed by atoms with E-state index in [0.29, 0.717) is 17.3 Å². The molecular weight excluding hydrogens is 338 g/mol. The van der Waals surface area contributed by atoms with E-state index in [0.717, 1.165) is 10.0 Å². The molecule has 8 heteroatoms.